The van der Waals surface area contributed by atoms with Gasteiger partial charge in [-0.05, 0) is 6.07 Å². The summed E-state index contributed by atoms with van der Waals surface area (Å²) in [6.45, 7) is -0.730. The first-order valence-electron chi connectivity index (χ1n) is 10.8. The number of fused-ring (bicyclic) bond motifs is 1. The van der Waals surface area contributed by atoms with Gasteiger partial charge in [0.15, 0.2) is 17.4 Å². The summed E-state index contributed by atoms with van der Waals surface area (Å²) in [6.07, 6.45) is -3.55. The maximum absolute atomic E-state index is 11.7. The number of imidazole rings is 1. The predicted octanol–water partition coefficient (Wildman–Crippen LogP) is -4.22. The fraction of sp³-hybridized carbons (Fsp3) is 0.526. The Bertz CT molecular complexity index is 1330. The smallest absolute Gasteiger partial charge is 0.351 e. The van der Waals surface area contributed by atoms with E-state index < -0.39 is 60.8 Å². The molecule has 5 heterocycles. The molecule has 2 aliphatic heterocycles. The zero-order valence-corrected chi connectivity index (χ0v) is 18.7. The molecule has 36 heavy (non-hydrogen) atoms. The van der Waals surface area contributed by atoms with Crippen LogP contribution in [-0.4, -0.2) is 98.3 Å². The van der Waals surface area contributed by atoms with Crippen molar-refractivity contribution in [3.05, 3.63) is 39.4 Å². The van der Waals surface area contributed by atoms with E-state index in [2.05, 4.69) is 19.9 Å². The van der Waals surface area contributed by atoms with E-state index in [1.807, 2.05) is 0 Å². The Morgan fingerprint density at radius 1 is 1.03 bits per heavy atom. The molecule has 0 amide bonds. The second kappa shape index (κ2) is 10.3. The molecule has 3 aromatic rings. The highest BCUT2D eigenvalue weighted by atomic mass is 16.6. The van der Waals surface area contributed by atoms with Gasteiger partial charge in [-0.1, -0.05) is 0 Å². The third-order valence-electron chi connectivity index (χ3n) is 5.79. The SMILES string of the molecule is Nc1ccn([C@H]2C[C@H](O)[C@@H](CO)O2)c(=O)n1.Nc1nc2c(ncn2[C@@H]2O[C@H](CO)[C@@H](O)[C@H]2O)c(=O)[nH]1. The second-order valence-corrected chi connectivity index (χ2v) is 8.16. The summed E-state index contributed by atoms with van der Waals surface area (Å²) >= 11 is 0. The van der Waals surface area contributed by atoms with Crippen LogP contribution in [0.4, 0.5) is 11.8 Å². The number of aromatic nitrogens is 6. The molecule has 0 radical (unpaired) electrons. The van der Waals surface area contributed by atoms with Gasteiger partial charge in [0.2, 0.25) is 5.95 Å². The maximum atomic E-state index is 11.7. The molecular weight excluding hydrogens is 484 g/mol. The van der Waals surface area contributed by atoms with E-state index in [-0.39, 0.29) is 36.0 Å². The molecule has 0 spiro atoms. The zero-order valence-electron chi connectivity index (χ0n) is 18.7. The number of ether oxygens (including phenoxy) is 2. The first kappa shape index (κ1) is 25.6. The topological polar surface area (TPSA) is 270 Å². The normalized spacial score (nSPS) is 29.9. The van der Waals surface area contributed by atoms with E-state index in [0.29, 0.717) is 0 Å². The van der Waals surface area contributed by atoms with Crippen molar-refractivity contribution < 1.29 is 35.0 Å². The first-order valence-corrected chi connectivity index (χ1v) is 10.8. The number of nitrogens with two attached hydrogens (primary N) is 2. The number of aromatic amines is 1. The van der Waals surface area contributed by atoms with E-state index >= 15 is 0 Å². The molecule has 2 aliphatic rings. The molecule has 0 aromatic carbocycles. The zero-order chi connectivity index (χ0) is 26.1. The van der Waals surface area contributed by atoms with Crippen LogP contribution in [0, 0.1) is 0 Å². The van der Waals surface area contributed by atoms with Crippen molar-refractivity contribution >= 4 is 22.9 Å². The first-order chi connectivity index (χ1) is 17.1. The fourth-order valence-corrected chi connectivity index (χ4v) is 3.93. The molecule has 2 fully saturated rings. The standard InChI is InChI=1S/C10H13N5O5.C9H13N3O4/c11-10-13-7-4(8(19)14-10)12-2-15(7)9-6(18)5(17)3(1-16)20-9;10-7-1-2-12(9(15)11-7)8-3-5(14)6(4-13)16-8/h2-3,5-6,9,16-18H,1H2,(H3,11,13,14,19);1-2,5-6,8,13-14H,3-4H2,(H2,10,11,15)/t3-,5-,6-,9-;5-,6+,8+/m10/s1. The van der Waals surface area contributed by atoms with Crippen molar-refractivity contribution in [1.82, 2.24) is 29.1 Å². The number of hydrogen-bond acceptors (Lipinski definition) is 14. The van der Waals surface area contributed by atoms with Gasteiger partial charge in [-0.25, -0.2) is 9.78 Å². The quantitative estimate of drug-likeness (QED) is 0.165. The molecule has 7 atom stereocenters. The Kier molecular flexibility index (Phi) is 7.31. The number of aliphatic hydroxyl groups excluding tert-OH is 5. The van der Waals surface area contributed by atoms with Crippen molar-refractivity contribution in [2.24, 2.45) is 0 Å². The lowest BCUT2D eigenvalue weighted by Gasteiger charge is -2.16. The lowest BCUT2D eigenvalue weighted by Crippen LogP contribution is -2.33. The van der Waals surface area contributed by atoms with Gasteiger partial charge >= 0.3 is 5.69 Å². The Balaban J connectivity index is 0.000000174. The van der Waals surface area contributed by atoms with Crippen LogP contribution in [-0.2, 0) is 9.47 Å². The summed E-state index contributed by atoms with van der Waals surface area (Å²) in [5, 5.41) is 47.2. The third kappa shape index (κ3) is 4.80. The van der Waals surface area contributed by atoms with Gasteiger partial charge in [-0.2, -0.15) is 9.97 Å². The lowest BCUT2D eigenvalue weighted by atomic mass is 10.1. The summed E-state index contributed by atoms with van der Waals surface area (Å²) in [5.41, 5.74) is 9.94. The molecule has 10 N–H and O–H groups in total. The Morgan fingerprint density at radius 2 is 1.75 bits per heavy atom. The van der Waals surface area contributed by atoms with Gasteiger partial charge in [0.05, 0.1) is 25.6 Å². The molecule has 17 nitrogen and oxygen atoms in total. The highest BCUT2D eigenvalue weighted by molar-refractivity contribution is 5.70. The number of H-pyrrole nitrogens is 1. The number of nitrogens with zero attached hydrogens (tertiary/aromatic N) is 5. The van der Waals surface area contributed by atoms with Crippen molar-refractivity contribution in [2.75, 3.05) is 24.7 Å². The molecule has 2 saturated heterocycles. The summed E-state index contributed by atoms with van der Waals surface area (Å²) in [6, 6.07) is 1.48. The van der Waals surface area contributed by atoms with Crippen molar-refractivity contribution in [3.63, 3.8) is 0 Å². The second-order valence-electron chi connectivity index (χ2n) is 8.16. The number of rotatable bonds is 4. The molecule has 196 valence electrons. The monoisotopic (exact) mass is 510 g/mol. The van der Waals surface area contributed by atoms with Crippen LogP contribution < -0.4 is 22.7 Å². The van der Waals surface area contributed by atoms with Gasteiger partial charge < -0.3 is 46.5 Å². The average molecular weight is 510 g/mol. The Morgan fingerprint density at radius 3 is 2.36 bits per heavy atom. The van der Waals surface area contributed by atoms with Crippen LogP contribution in [0.25, 0.3) is 11.2 Å². The number of nitrogens with one attached hydrogen (secondary N) is 1. The minimum Gasteiger partial charge on any atom is -0.394 e. The summed E-state index contributed by atoms with van der Waals surface area (Å²) in [5.74, 6) is 0.0366. The van der Waals surface area contributed by atoms with Crippen LogP contribution in [0.15, 0.2) is 28.2 Å². The fourth-order valence-electron chi connectivity index (χ4n) is 3.93. The van der Waals surface area contributed by atoms with Crippen LogP contribution in [0.3, 0.4) is 0 Å². The molecule has 0 bridgehead atoms. The van der Waals surface area contributed by atoms with E-state index in [4.69, 9.17) is 31.2 Å². The van der Waals surface area contributed by atoms with E-state index in [9.17, 15) is 24.9 Å². The third-order valence-corrected chi connectivity index (χ3v) is 5.79. The summed E-state index contributed by atoms with van der Waals surface area (Å²) in [4.78, 5) is 36.8. The number of anilines is 2. The van der Waals surface area contributed by atoms with Crippen molar-refractivity contribution in [2.45, 2.75) is 49.4 Å². The number of nitrogen functional groups attached to an aromatic ring is 2. The van der Waals surface area contributed by atoms with Crippen LogP contribution in [0.2, 0.25) is 0 Å². The maximum Gasteiger partial charge on any atom is 0.351 e. The summed E-state index contributed by atoms with van der Waals surface area (Å²) < 4.78 is 13.2. The molecule has 0 saturated carbocycles. The van der Waals surface area contributed by atoms with Gasteiger partial charge in [-0.15, -0.1) is 0 Å². The lowest BCUT2D eigenvalue weighted by molar-refractivity contribution is -0.0511. The molecular formula is C19H26N8O9. The minimum absolute atomic E-state index is 0.0388. The van der Waals surface area contributed by atoms with Crippen molar-refractivity contribution in [1.29, 1.82) is 0 Å². The molecule has 17 heteroatoms. The number of hydrogen-bond donors (Lipinski definition) is 8. The van der Waals surface area contributed by atoms with Gasteiger partial charge in [-0.3, -0.25) is 18.9 Å². The van der Waals surface area contributed by atoms with E-state index in [1.54, 1.807) is 0 Å². The average Bonchev–Trinajstić information content (AvgIpc) is 3.50. The summed E-state index contributed by atoms with van der Waals surface area (Å²) in [7, 11) is 0. The van der Waals surface area contributed by atoms with E-state index in [0.717, 1.165) is 0 Å². The minimum atomic E-state index is -1.29. The number of aliphatic hydroxyl groups is 5. The molecule has 0 aliphatic carbocycles. The molecule has 5 rings (SSSR count). The van der Waals surface area contributed by atoms with E-state index in [1.165, 1.54) is 27.7 Å². The Hall–Kier alpha value is -3.45. The largest absolute Gasteiger partial charge is 0.394 e. The predicted molar refractivity (Wildman–Crippen MR) is 120 cm³/mol. The van der Waals surface area contributed by atoms with Crippen LogP contribution in [0.5, 0.6) is 0 Å². The highest BCUT2D eigenvalue weighted by Gasteiger charge is 2.44. The van der Waals surface area contributed by atoms with Gasteiger partial charge in [0.1, 0.15) is 36.5 Å². The molecule has 3 aromatic heterocycles. The van der Waals surface area contributed by atoms with Gasteiger partial charge in [0.25, 0.3) is 5.56 Å². The highest BCUT2D eigenvalue weighted by Crippen LogP contribution is 2.31. The van der Waals surface area contributed by atoms with Crippen LogP contribution in [0.1, 0.15) is 18.9 Å². The molecule has 0 unspecified atom stereocenters. The Labute approximate surface area is 201 Å². The van der Waals surface area contributed by atoms with Crippen molar-refractivity contribution in [3.8, 4) is 0 Å². The van der Waals surface area contributed by atoms with Crippen LogP contribution >= 0.6 is 0 Å². The van der Waals surface area contributed by atoms with Gasteiger partial charge in [0, 0.05) is 12.6 Å².